The van der Waals surface area contributed by atoms with Gasteiger partial charge in [-0.1, -0.05) is 154 Å². The molecule has 4 rings (SSSR count). The molecular weight excluding hydrogens is 609 g/mol. The molecule has 0 bridgehead atoms. The molecule has 4 heterocycles. The SMILES string of the molecule is CCCCCCCCCCCCC1=CCSC1=c1sccc1=C1SC=CC1(CCCCCCCCCCCC)c1cccs1. The Kier molecular flexibility index (Phi) is 17.5. The third-order valence-corrected chi connectivity index (χ3v) is 13.9. The molecule has 0 nitrogen and oxygen atoms in total. The molecular formula is C40H60S4. The molecule has 44 heavy (non-hydrogen) atoms. The lowest BCUT2D eigenvalue weighted by Crippen LogP contribution is -2.31. The minimum Gasteiger partial charge on any atom is -0.148 e. The van der Waals surface area contributed by atoms with E-state index in [-0.39, 0.29) is 5.41 Å². The first-order valence-electron chi connectivity index (χ1n) is 18.3. The predicted octanol–water partition coefficient (Wildman–Crippen LogP) is 13.5. The summed E-state index contributed by atoms with van der Waals surface area (Å²) in [5.41, 5.74) is 1.69. The van der Waals surface area contributed by atoms with Gasteiger partial charge in [-0.25, -0.2) is 0 Å². The second kappa shape index (κ2) is 21.2. The van der Waals surface area contributed by atoms with E-state index < -0.39 is 0 Å². The standard InChI is InChI=1S/C40H60S4/c1-3-5-7-9-11-13-15-17-19-21-24-34-26-31-42-37(34)38-35(27-32-43-38)39-40(29-33-44-39,36-25-23-30-41-36)28-22-20-18-16-14-12-10-8-6-4-2/h23,25-27,29-30,32-33H,3-22,24,28,31H2,1-2H3. The van der Waals surface area contributed by atoms with Crippen molar-refractivity contribution in [1.29, 1.82) is 0 Å². The molecule has 2 aliphatic heterocycles. The van der Waals surface area contributed by atoms with Crippen LogP contribution < -0.4 is 9.75 Å². The molecule has 1 unspecified atom stereocenters. The fraction of sp³-hybridized carbons (Fsp3) is 0.650. The van der Waals surface area contributed by atoms with Gasteiger partial charge in [-0.15, -0.1) is 46.2 Å². The van der Waals surface area contributed by atoms with Gasteiger partial charge in [0, 0.05) is 30.2 Å². The molecule has 0 saturated carbocycles. The van der Waals surface area contributed by atoms with Crippen molar-refractivity contribution in [3.63, 3.8) is 0 Å². The fourth-order valence-electron chi connectivity index (χ4n) is 6.95. The van der Waals surface area contributed by atoms with Gasteiger partial charge < -0.3 is 0 Å². The summed E-state index contributed by atoms with van der Waals surface area (Å²) in [5, 5.41) is 8.57. The quantitative estimate of drug-likeness (QED) is 0.108. The topological polar surface area (TPSA) is 0 Å². The Morgan fingerprint density at radius 1 is 0.659 bits per heavy atom. The number of hydrogen-bond acceptors (Lipinski definition) is 4. The first-order valence-corrected chi connectivity index (χ1v) is 22.0. The zero-order valence-electron chi connectivity index (χ0n) is 28.0. The van der Waals surface area contributed by atoms with Crippen molar-refractivity contribution in [3.05, 3.63) is 66.7 Å². The van der Waals surface area contributed by atoms with Crippen LogP contribution in [0.4, 0.5) is 0 Å². The molecule has 2 aromatic rings. The summed E-state index contributed by atoms with van der Waals surface area (Å²) in [6.45, 7) is 4.62. The van der Waals surface area contributed by atoms with Crippen LogP contribution in [0.15, 0.2) is 52.1 Å². The highest BCUT2D eigenvalue weighted by molar-refractivity contribution is 8.11. The molecule has 0 saturated heterocycles. The minimum absolute atomic E-state index is 0.0546. The van der Waals surface area contributed by atoms with E-state index in [0.717, 1.165) is 5.75 Å². The Balaban J connectivity index is 1.37. The van der Waals surface area contributed by atoms with Crippen LogP contribution in [0.5, 0.6) is 0 Å². The molecule has 244 valence electrons. The van der Waals surface area contributed by atoms with E-state index in [9.17, 15) is 0 Å². The Morgan fingerprint density at radius 2 is 1.27 bits per heavy atom. The summed E-state index contributed by atoms with van der Waals surface area (Å²) < 4.78 is 1.54. The van der Waals surface area contributed by atoms with Gasteiger partial charge in [-0.2, -0.15) is 0 Å². The third kappa shape index (κ3) is 11.0. The van der Waals surface area contributed by atoms with Crippen LogP contribution in [0.3, 0.4) is 0 Å². The highest BCUT2D eigenvalue weighted by Gasteiger charge is 2.38. The van der Waals surface area contributed by atoms with Gasteiger partial charge >= 0.3 is 0 Å². The van der Waals surface area contributed by atoms with Crippen LogP contribution in [0, 0.1) is 0 Å². The number of allylic oxidation sites excluding steroid dienone is 1. The lowest BCUT2D eigenvalue weighted by molar-refractivity contribution is 0.524. The zero-order valence-corrected chi connectivity index (χ0v) is 31.3. The van der Waals surface area contributed by atoms with E-state index in [1.165, 1.54) is 151 Å². The zero-order chi connectivity index (χ0) is 30.7. The first kappa shape index (κ1) is 36.2. The van der Waals surface area contributed by atoms with E-state index in [1.807, 2.05) is 34.4 Å². The first-order chi connectivity index (χ1) is 21.8. The Morgan fingerprint density at radius 3 is 1.89 bits per heavy atom. The molecule has 0 fully saturated rings. The highest BCUT2D eigenvalue weighted by atomic mass is 32.2. The van der Waals surface area contributed by atoms with E-state index in [4.69, 9.17) is 0 Å². The van der Waals surface area contributed by atoms with Crippen molar-refractivity contribution >= 4 is 56.0 Å². The monoisotopic (exact) mass is 668 g/mol. The summed E-state index contributed by atoms with van der Waals surface area (Å²) in [7, 11) is 0. The predicted molar refractivity (Wildman–Crippen MR) is 207 cm³/mol. The van der Waals surface area contributed by atoms with Crippen molar-refractivity contribution in [2.24, 2.45) is 0 Å². The second-order valence-corrected chi connectivity index (χ2v) is 16.9. The van der Waals surface area contributed by atoms with Gasteiger partial charge in [0.05, 0.1) is 5.41 Å². The number of thioether (sulfide) groups is 2. The molecule has 0 aliphatic carbocycles. The third-order valence-electron chi connectivity index (χ3n) is 9.59. The van der Waals surface area contributed by atoms with Crippen LogP contribution in [0.25, 0.3) is 9.81 Å². The number of hydrogen-bond donors (Lipinski definition) is 0. The molecule has 0 amide bonds. The Labute approximate surface area is 287 Å². The van der Waals surface area contributed by atoms with Crippen molar-refractivity contribution in [2.45, 2.75) is 161 Å². The van der Waals surface area contributed by atoms with Gasteiger partial charge in [0.1, 0.15) is 0 Å². The molecule has 2 aliphatic rings. The van der Waals surface area contributed by atoms with Crippen molar-refractivity contribution in [2.75, 3.05) is 5.75 Å². The molecule has 0 radical (unpaired) electrons. The van der Waals surface area contributed by atoms with Gasteiger partial charge in [-0.3, -0.25) is 0 Å². The second-order valence-electron chi connectivity index (χ2n) is 13.1. The number of rotatable bonds is 23. The van der Waals surface area contributed by atoms with E-state index >= 15 is 0 Å². The maximum Gasteiger partial charge on any atom is 0.0553 e. The van der Waals surface area contributed by atoms with Gasteiger partial charge in [0.25, 0.3) is 0 Å². The maximum atomic E-state index is 2.56. The number of thiophene rings is 2. The summed E-state index contributed by atoms with van der Waals surface area (Å²) >= 11 is 8.03. The molecule has 0 aromatic carbocycles. The summed E-state index contributed by atoms with van der Waals surface area (Å²) in [6, 6.07) is 7.11. The normalized spacial score (nSPS) is 20.6. The van der Waals surface area contributed by atoms with E-state index in [2.05, 4.69) is 72.1 Å². The van der Waals surface area contributed by atoms with Crippen molar-refractivity contribution in [3.8, 4) is 0 Å². The average molecular weight is 669 g/mol. The smallest absolute Gasteiger partial charge is 0.0553 e. The van der Waals surface area contributed by atoms with E-state index in [1.54, 1.807) is 19.9 Å². The summed E-state index contributed by atoms with van der Waals surface area (Å²) in [5.74, 6) is 1.15. The lowest BCUT2D eigenvalue weighted by Gasteiger charge is -2.28. The molecule has 0 N–H and O–H groups in total. The van der Waals surface area contributed by atoms with Crippen LogP contribution in [-0.4, -0.2) is 5.75 Å². The molecule has 2 aromatic heterocycles. The summed E-state index contributed by atoms with van der Waals surface area (Å²) in [4.78, 5) is 4.71. The molecule has 4 heteroatoms. The van der Waals surface area contributed by atoms with E-state index in [0.29, 0.717) is 0 Å². The van der Waals surface area contributed by atoms with Gasteiger partial charge in [-0.05, 0) is 53.1 Å². The maximum absolute atomic E-state index is 2.56. The molecule has 1 atom stereocenters. The van der Waals surface area contributed by atoms with Gasteiger partial charge in [0.2, 0.25) is 0 Å². The van der Waals surface area contributed by atoms with Crippen molar-refractivity contribution < 1.29 is 0 Å². The lowest BCUT2D eigenvalue weighted by atomic mass is 9.80. The number of unbranched alkanes of at least 4 members (excludes halogenated alkanes) is 18. The van der Waals surface area contributed by atoms with Crippen molar-refractivity contribution in [1.82, 2.24) is 0 Å². The largest absolute Gasteiger partial charge is 0.148 e. The van der Waals surface area contributed by atoms with Crippen LogP contribution in [-0.2, 0) is 5.41 Å². The van der Waals surface area contributed by atoms with Crippen LogP contribution in [0.1, 0.15) is 160 Å². The average Bonchev–Trinajstić information content (AvgIpc) is 3.86. The molecule has 0 spiro atoms. The van der Waals surface area contributed by atoms with Crippen LogP contribution in [0.2, 0.25) is 0 Å². The van der Waals surface area contributed by atoms with Gasteiger partial charge in [0.15, 0.2) is 0 Å². The minimum atomic E-state index is 0.0546. The Bertz CT molecular complexity index is 1230. The Hall–Kier alpha value is -0.680. The van der Waals surface area contributed by atoms with Crippen LogP contribution >= 0.6 is 46.2 Å². The highest BCUT2D eigenvalue weighted by Crippen LogP contribution is 2.51. The fourth-order valence-corrected chi connectivity index (χ4v) is 11.5. The summed E-state index contributed by atoms with van der Waals surface area (Å²) in [6.07, 6.45) is 35.7.